The van der Waals surface area contributed by atoms with Crippen molar-refractivity contribution in [1.82, 2.24) is 14.8 Å². The Kier molecular flexibility index (Phi) is 5.77. The van der Waals surface area contributed by atoms with Gasteiger partial charge in [-0.2, -0.15) is 0 Å². The molecule has 0 aliphatic heterocycles. The molecule has 0 bridgehead atoms. The number of primary amides is 1. The normalized spacial score (nSPS) is 13.4. The van der Waals surface area contributed by atoms with E-state index in [1.54, 1.807) is 31.4 Å². The van der Waals surface area contributed by atoms with Crippen LogP contribution in [0, 0.1) is 0 Å². The first kappa shape index (κ1) is 18.2. The highest BCUT2D eigenvalue weighted by Gasteiger charge is 2.30. The van der Waals surface area contributed by atoms with Crippen molar-refractivity contribution in [3.05, 3.63) is 30.1 Å². The van der Waals surface area contributed by atoms with Crippen molar-refractivity contribution in [2.24, 2.45) is 5.73 Å². The molecule has 1 fully saturated rings. The van der Waals surface area contributed by atoms with Crippen LogP contribution >= 0.6 is 11.8 Å². The molecule has 138 valence electrons. The molecule has 1 aromatic heterocycles. The minimum atomic E-state index is -0.367. The van der Waals surface area contributed by atoms with Crippen molar-refractivity contribution >= 4 is 29.3 Å². The van der Waals surface area contributed by atoms with Gasteiger partial charge in [-0.05, 0) is 37.1 Å². The summed E-state index contributed by atoms with van der Waals surface area (Å²) in [5, 5.41) is 11.9. The van der Waals surface area contributed by atoms with Gasteiger partial charge in [0, 0.05) is 24.6 Å². The van der Waals surface area contributed by atoms with E-state index in [-0.39, 0.29) is 24.0 Å². The summed E-state index contributed by atoms with van der Waals surface area (Å²) in [4.78, 5) is 23.3. The number of carbonyl (C=O) groups is 2. The SMILES string of the molecule is COc1ccc(NC(=O)CSc2nnc(C3CC3)n2CCC(N)=O)cc1. The van der Waals surface area contributed by atoms with Gasteiger partial charge in [0.15, 0.2) is 5.16 Å². The lowest BCUT2D eigenvalue weighted by Crippen LogP contribution is -2.17. The second kappa shape index (κ2) is 8.22. The van der Waals surface area contributed by atoms with E-state index >= 15 is 0 Å². The number of nitrogens with one attached hydrogen (secondary N) is 1. The fraction of sp³-hybridized carbons (Fsp3) is 0.412. The van der Waals surface area contributed by atoms with Crippen LogP contribution in [0.5, 0.6) is 5.75 Å². The zero-order valence-electron chi connectivity index (χ0n) is 14.5. The van der Waals surface area contributed by atoms with E-state index in [1.807, 2.05) is 4.57 Å². The van der Waals surface area contributed by atoms with Crippen LogP contribution in [0.1, 0.15) is 31.0 Å². The number of anilines is 1. The maximum absolute atomic E-state index is 12.2. The summed E-state index contributed by atoms with van der Waals surface area (Å²) >= 11 is 1.30. The zero-order chi connectivity index (χ0) is 18.5. The van der Waals surface area contributed by atoms with Crippen molar-refractivity contribution in [1.29, 1.82) is 0 Å². The Balaban J connectivity index is 1.59. The highest BCUT2D eigenvalue weighted by molar-refractivity contribution is 7.99. The second-order valence-electron chi connectivity index (χ2n) is 6.05. The summed E-state index contributed by atoms with van der Waals surface area (Å²) in [6, 6.07) is 7.13. The summed E-state index contributed by atoms with van der Waals surface area (Å²) in [5.74, 6) is 1.70. The molecule has 3 rings (SSSR count). The van der Waals surface area contributed by atoms with Crippen LogP contribution in [0.2, 0.25) is 0 Å². The summed E-state index contributed by atoms with van der Waals surface area (Å²) in [6.07, 6.45) is 2.39. The Bertz CT molecular complexity index is 786. The Morgan fingerprint density at radius 2 is 2.04 bits per heavy atom. The van der Waals surface area contributed by atoms with Gasteiger partial charge < -0.3 is 20.4 Å². The number of rotatable bonds is 9. The number of ether oxygens (including phenoxy) is 1. The second-order valence-corrected chi connectivity index (χ2v) is 6.99. The van der Waals surface area contributed by atoms with Crippen LogP contribution < -0.4 is 15.8 Å². The molecule has 2 aromatic rings. The number of hydrogen-bond donors (Lipinski definition) is 2. The van der Waals surface area contributed by atoms with Gasteiger partial charge in [0.05, 0.1) is 12.9 Å². The molecule has 3 N–H and O–H groups in total. The van der Waals surface area contributed by atoms with Gasteiger partial charge in [0.2, 0.25) is 11.8 Å². The fourth-order valence-corrected chi connectivity index (χ4v) is 3.26. The molecule has 1 heterocycles. The molecule has 0 unspecified atom stereocenters. The van der Waals surface area contributed by atoms with E-state index in [2.05, 4.69) is 15.5 Å². The first-order valence-electron chi connectivity index (χ1n) is 8.35. The van der Waals surface area contributed by atoms with Crippen LogP contribution in [0.3, 0.4) is 0 Å². The lowest BCUT2D eigenvalue weighted by Gasteiger charge is -2.09. The Morgan fingerprint density at radius 3 is 2.65 bits per heavy atom. The summed E-state index contributed by atoms with van der Waals surface area (Å²) < 4.78 is 7.00. The molecule has 0 atom stereocenters. The lowest BCUT2D eigenvalue weighted by atomic mass is 10.3. The molecule has 1 saturated carbocycles. The first-order chi connectivity index (χ1) is 12.6. The molecule has 8 nitrogen and oxygen atoms in total. The number of nitrogens with two attached hydrogens (primary N) is 1. The van der Waals surface area contributed by atoms with Crippen LogP contribution in [0.4, 0.5) is 5.69 Å². The average molecular weight is 375 g/mol. The van der Waals surface area contributed by atoms with Gasteiger partial charge in [0.1, 0.15) is 11.6 Å². The number of carbonyl (C=O) groups excluding carboxylic acids is 2. The monoisotopic (exact) mass is 375 g/mol. The Hall–Kier alpha value is -2.55. The zero-order valence-corrected chi connectivity index (χ0v) is 15.3. The predicted octanol–water partition coefficient (Wildman–Crippen LogP) is 1.77. The van der Waals surface area contributed by atoms with Gasteiger partial charge in [-0.15, -0.1) is 10.2 Å². The number of methoxy groups -OCH3 is 1. The van der Waals surface area contributed by atoms with Crippen molar-refractivity contribution in [3.8, 4) is 5.75 Å². The topological polar surface area (TPSA) is 112 Å². The third kappa shape index (κ3) is 4.75. The minimum Gasteiger partial charge on any atom is -0.497 e. The van der Waals surface area contributed by atoms with E-state index < -0.39 is 0 Å². The van der Waals surface area contributed by atoms with Gasteiger partial charge in [0.25, 0.3) is 0 Å². The molecule has 1 aliphatic carbocycles. The Morgan fingerprint density at radius 1 is 1.31 bits per heavy atom. The van der Waals surface area contributed by atoms with Crippen LogP contribution in [0.15, 0.2) is 29.4 Å². The summed E-state index contributed by atoms with van der Waals surface area (Å²) in [6.45, 7) is 0.441. The highest BCUT2D eigenvalue weighted by Crippen LogP contribution is 2.40. The quantitative estimate of drug-likeness (QED) is 0.646. The standard InChI is InChI=1S/C17H21N5O3S/c1-25-13-6-4-12(5-7-13)19-15(24)10-26-17-21-20-16(11-2-3-11)22(17)9-8-14(18)23/h4-7,11H,2-3,8-10H2,1H3,(H2,18,23)(H,19,24). The van der Waals surface area contributed by atoms with Crippen LogP contribution in [-0.2, 0) is 16.1 Å². The maximum Gasteiger partial charge on any atom is 0.234 e. The molecule has 0 radical (unpaired) electrons. The summed E-state index contributed by atoms with van der Waals surface area (Å²) in [5.41, 5.74) is 5.96. The third-order valence-electron chi connectivity index (χ3n) is 3.98. The molecule has 1 aromatic carbocycles. The van der Waals surface area contributed by atoms with Crippen LogP contribution in [-0.4, -0.2) is 39.4 Å². The largest absolute Gasteiger partial charge is 0.497 e. The molecule has 0 saturated heterocycles. The molecule has 2 amide bonds. The first-order valence-corrected chi connectivity index (χ1v) is 9.33. The van der Waals surface area contributed by atoms with E-state index in [0.29, 0.717) is 23.3 Å². The third-order valence-corrected chi connectivity index (χ3v) is 4.94. The fourth-order valence-electron chi connectivity index (χ4n) is 2.48. The minimum absolute atomic E-state index is 0.141. The van der Waals surface area contributed by atoms with Crippen molar-refractivity contribution in [2.45, 2.75) is 36.9 Å². The van der Waals surface area contributed by atoms with Gasteiger partial charge in [-0.3, -0.25) is 9.59 Å². The van der Waals surface area contributed by atoms with E-state index in [1.165, 1.54) is 11.8 Å². The molecular formula is C17H21N5O3S. The average Bonchev–Trinajstić information content (AvgIpc) is 3.39. The Labute approximate surface area is 155 Å². The molecular weight excluding hydrogens is 354 g/mol. The number of hydrogen-bond acceptors (Lipinski definition) is 6. The van der Waals surface area contributed by atoms with Crippen molar-refractivity contribution < 1.29 is 14.3 Å². The molecule has 26 heavy (non-hydrogen) atoms. The molecule has 9 heteroatoms. The van der Waals surface area contributed by atoms with Gasteiger partial charge in [-0.1, -0.05) is 11.8 Å². The maximum atomic E-state index is 12.2. The van der Waals surface area contributed by atoms with E-state index in [0.717, 1.165) is 24.4 Å². The number of benzene rings is 1. The summed E-state index contributed by atoms with van der Waals surface area (Å²) in [7, 11) is 1.59. The lowest BCUT2D eigenvalue weighted by molar-refractivity contribution is -0.118. The van der Waals surface area contributed by atoms with E-state index in [4.69, 9.17) is 10.5 Å². The van der Waals surface area contributed by atoms with Gasteiger partial charge >= 0.3 is 0 Å². The number of nitrogens with zero attached hydrogens (tertiary/aromatic N) is 3. The predicted molar refractivity (Wildman–Crippen MR) is 98.2 cm³/mol. The van der Waals surface area contributed by atoms with Crippen molar-refractivity contribution in [3.63, 3.8) is 0 Å². The van der Waals surface area contributed by atoms with Gasteiger partial charge in [-0.25, -0.2) is 0 Å². The highest BCUT2D eigenvalue weighted by atomic mass is 32.2. The molecule has 0 spiro atoms. The van der Waals surface area contributed by atoms with Crippen LogP contribution in [0.25, 0.3) is 0 Å². The van der Waals surface area contributed by atoms with Crippen molar-refractivity contribution in [2.75, 3.05) is 18.2 Å². The number of amides is 2. The van der Waals surface area contributed by atoms with E-state index in [9.17, 15) is 9.59 Å². The molecule has 1 aliphatic rings. The number of aromatic nitrogens is 3. The number of thioether (sulfide) groups is 1. The smallest absolute Gasteiger partial charge is 0.234 e.